The van der Waals surface area contributed by atoms with Gasteiger partial charge in [-0.25, -0.2) is 4.99 Å². The first kappa shape index (κ1) is 21.8. The van der Waals surface area contributed by atoms with Crippen LogP contribution in [0.3, 0.4) is 0 Å². The molecule has 30 heavy (non-hydrogen) atoms. The van der Waals surface area contributed by atoms with Gasteiger partial charge in [0.25, 0.3) is 5.91 Å². The number of hydrogen-bond acceptors (Lipinski definition) is 4. The lowest BCUT2D eigenvalue weighted by Gasteiger charge is -2.12. The maximum absolute atomic E-state index is 12.4. The summed E-state index contributed by atoms with van der Waals surface area (Å²) in [5.41, 5.74) is 1.64. The van der Waals surface area contributed by atoms with Crippen molar-refractivity contribution in [1.82, 2.24) is 25.7 Å². The van der Waals surface area contributed by atoms with Crippen LogP contribution >= 0.6 is 0 Å². The van der Waals surface area contributed by atoms with Crippen LogP contribution in [0.5, 0.6) is 0 Å². The van der Waals surface area contributed by atoms with Gasteiger partial charge in [-0.2, -0.15) is 5.10 Å². The Morgan fingerprint density at radius 2 is 2.23 bits per heavy atom. The molecule has 8 heteroatoms. The summed E-state index contributed by atoms with van der Waals surface area (Å²) in [4.78, 5) is 17.1. The van der Waals surface area contributed by atoms with Gasteiger partial charge in [0.1, 0.15) is 0 Å². The van der Waals surface area contributed by atoms with Gasteiger partial charge in [0.15, 0.2) is 5.96 Å². The van der Waals surface area contributed by atoms with Crippen molar-refractivity contribution in [1.29, 1.82) is 0 Å². The molecule has 1 aliphatic rings. The lowest BCUT2D eigenvalue weighted by Crippen LogP contribution is -2.38. The van der Waals surface area contributed by atoms with E-state index in [9.17, 15) is 4.79 Å². The molecule has 1 fully saturated rings. The molecule has 8 nitrogen and oxygen atoms in total. The number of ether oxygens (including phenoxy) is 1. The Morgan fingerprint density at radius 1 is 1.30 bits per heavy atom. The first-order chi connectivity index (χ1) is 14.7. The average molecular weight is 413 g/mol. The van der Waals surface area contributed by atoms with Gasteiger partial charge in [-0.05, 0) is 49.9 Å². The number of guanidine groups is 1. The van der Waals surface area contributed by atoms with Crippen molar-refractivity contribution in [2.45, 2.75) is 45.4 Å². The van der Waals surface area contributed by atoms with Crippen molar-refractivity contribution >= 4 is 11.9 Å². The molecule has 1 aromatic carbocycles. The van der Waals surface area contributed by atoms with Crippen LogP contribution in [-0.2, 0) is 17.8 Å². The number of aryl methyl sites for hydroxylation is 1. The van der Waals surface area contributed by atoms with Crippen LogP contribution in [0.2, 0.25) is 0 Å². The SMILES string of the molecule is CCNC(=NCc1cccc(C(=O)NCC2CCCO2)c1)NCCCn1cccn1. The molecule has 0 radical (unpaired) electrons. The lowest BCUT2D eigenvalue weighted by molar-refractivity contribution is 0.0857. The number of rotatable bonds is 10. The molecule has 3 N–H and O–H groups in total. The summed E-state index contributed by atoms with van der Waals surface area (Å²) < 4.78 is 7.48. The predicted molar refractivity (Wildman–Crippen MR) is 117 cm³/mol. The Kier molecular flexibility index (Phi) is 8.71. The van der Waals surface area contributed by atoms with Crippen LogP contribution < -0.4 is 16.0 Å². The lowest BCUT2D eigenvalue weighted by atomic mass is 10.1. The number of nitrogens with one attached hydrogen (secondary N) is 3. The number of aromatic nitrogens is 2. The fourth-order valence-electron chi connectivity index (χ4n) is 3.32. The third-order valence-electron chi connectivity index (χ3n) is 4.88. The van der Waals surface area contributed by atoms with Gasteiger partial charge in [0.05, 0.1) is 12.6 Å². The molecule has 2 aromatic rings. The third kappa shape index (κ3) is 7.18. The summed E-state index contributed by atoms with van der Waals surface area (Å²) in [5, 5.41) is 13.8. The molecule has 1 aromatic heterocycles. The monoisotopic (exact) mass is 412 g/mol. The number of carbonyl (C=O) groups excluding carboxylic acids is 1. The second-order valence-electron chi connectivity index (χ2n) is 7.29. The molecule has 2 heterocycles. The molecule has 1 atom stereocenters. The smallest absolute Gasteiger partial charge is 0.251 e. The van der Waals surface area contributed by atoms with Gasteiger partial charge in [-0.15, -0.1) is 0 Å². The number of carbonyl (C=O) groups is 1. The van der Waals surface area contributed by atoms with Crippen LogP contribution in [0.25, 0.3) is 0 Å². The number of aliphatic imine (C=N–C) groups is 1. The molecule has 1 aliphatic heterocycles. The molecule has 1 amide bonds. The summed E-state index contributed by atoms with van der Waals surface area (Å²) in [7, 11) is 0. The van der Waals surface area contributed by atoms with Gasteiger partial charge in [-0.3, -0.25) is 9.48 Å². The quantitative estimate of drug-likeness (QED) is 0.315. The molecule has 0 bridgehead atoms. The number of amides is 1. The zero-order valence-corrected chi connectivity index (χ0v) is 17.6. The average Bonchev–Trinajstić information content (AvgIpc) is 3.47. The van der Waals surface area contributed by atoms with Crippen molar-refractivity contribution in [2.24, 2.45) is 4.99 Å². The van der Waals surface area contributed by atoms with E-state index in [1.807, 2.05) is 48.1 Å². The second-order valence-corrected chi connectivity index (χ2v) is 7.29. The van der Waals surface area contributed by atoms with Crippen molar-refractivity contribution in [3.63, 3.8) is 0 Å². The minimum Gasteiger partial charge on any atom is -0.376 e. The highest BCUT2D eigenvalue weighted by Crippen LogP contribution is 2.11. The fourth-order valence-corrected chi connectivity index (χ4v) is 3.32. The summed E-state index contributed by atoms with van der Waals surface area (Å²) in [6, 6.07) is 9.54. The first-order valence-electron chi connectivity index (χ1n) is 10.7. The van der Waals surface area contributed by atoms with E-state index in [1.165, 1.54) is 0 Å². The third-order valence-corrected chi connectivity index (χ3v) is 4.88. The van der Waals surface area contributed by atoms with Crippen LogP contribution in [0.15, 0.2) is 47.7 Å². The summed E-state index contributed by atoms with van der Waals surface area (Å²) in [6.45, 7) is 6.35. The zero-order valence-electron chi connectivity index (χ0n) is 17.6. The van der Waals surface area contributed by atoms with Crippen molar-refractivity contribution < 1.29 is 9.53 Å². The molecule has 1 unspecified atom stereocenters. The highest BCUT2D eigenvalue weighted by atomic mass is 16.5. The van der Waals surface area contributed by atoms with E-state index in [-0.39, 0.29) is 12.0 Å². The zero-order chi connectivity index (χ0) is 21.0. The molecular weight excluding hydrogens is 380 g/mol. The second kappa shape index (κ2) is 12.0. The van der Waals surface area contributed by atoms with Gasteiger partial charge in [0.2, 0.25) is 0 Å². The molecule has 162 valence electrons. The van der Waals surface area contributed by atoms with E-state index in [1.54, 1.807) is 6.20 Å². The minimum atomic E-state index is -0.0695. The van der Waals surface area contributed by atoms with E-state index in [0.29, 0.717) is 18.7 Å². The molecule has 0 saturated carbocycles. The molecule has 3 rings (SSSR count). The van der Waals surface area contributed by atoms with Gasteiger partial charge in [-0.1, -0.05) is 12.1 Å². The first-order valence-corrected chi connectivity index (χ1v) is 10.7. The molecule has 1 saturated heterocycles. The van der Waals surface area contributed by atoms with Crippen LogP contribution in [0.4, 0.5) is 0 Å². The summed E-state index contributed by atoms with van der Waals surface area (Å²) >= 11 is 0. The predicted octanol–water partition coefficient (Wildman–Crippen LogP) is 1.94. The standard InChI is InChI=1S/C22H32N6O2/c1-2-23-22(24-10-5-12-28-13-6-11-27-28)26-16-18-7-3-8-19(15-18)21(29)25-17-20-9-4-14-30-20/h3,6-8,11,13,15,20H,2,4-5,9-10,12,14,16-17H2,1H3,(H,25,29)(H2,23,24,26). The normalized spacial score (nSPS) is 16.4. The number of benzene rings is 1. The number of nitrogens with zero attached hydrogens (tertiary/aromatic N) is 3. The Balaban J connectivity index is 1.47. The van der Waals surface area contributed by atoms with E-state index in [4.69, 9.17) is 4.74 Å². The minimum absolute atomic E-state index is 0.0695. The maximum Gasteiger partial charge on any atom is 0.251 e. The summed E-state index contributed by atoms with van der Waals surface area (Å²) in [6.07, 6.45) is 6.92. The van der Waals surface area contributed by atoms with Crippen LogP contribution in [0.1, 0.15) is 42.1 Å². The molecule has 0 aliphatic carbocycles. The Hall–Kier alpha value is -2.87. The molecular formula is C22H32N6O2. The molecule has 0 spiro atoms. The van der Waals surface area contributed by atoms with Crippen LogP contribution in [0, 0.1) is 0 Å². The largest absolute Gasteiger partial charge is 0.376 e. The Labute approximate surface area is 178 Å². The van der Waals surface area contributed by atoms with Gasteiger partial charge >= 0.3 is 0 Å². The van der Waals surface area contributed by atoms with Crippen molar-refractivity contribution in [3.05, 3.63) is 53.9 Å². The maximum atomic E-state index is 12.4. The van der Waals surface area contributed by atoms with E-state index in [2.05, 4.69) is 26.0 Å². The Morgan fingerprint density at radius 3 is 3.00 bits per heavy atom. The Bertz CT molecular complexity index is 800. The summed E-state index contributed by atoms with van der Waals surface area (Å²) in [5.74, 6) is 0.700. The van der Waals surface area contributed by atoms with Gasteiger partial charge in [0, 0.05) is 50.7 Å². The van der Waals surface area contributed by atoms with E-state index in [0.717, 1.165) is 57.0 Å². The highest BCUT2D eigenvalue weighted by molar-refractivity contribution is 5.94. The highest BCUT2D eigenvalue weighted by Gasteiger charge is 2.16. The number of hydrogen-bond donors (Lipinski definition) is 3. The fraction of sp³-hybridized carbons (Fsp3) is 0.500. The van der Waals surface area contributed by atoms with Crippen molar-refractivity contribution in [2.75, 3.05) is 26.2 Å². The van der Waals surface area contributed by atoms with Crippen molar-refractivity contribution in [3.8, 4) is 0 Å². The topological polar surface area (TPSA) is 92.6 Å². The van der Waals surface area contributed by atoms with E-state index >= 15 is 0 Å². The van der Waals surface area contributed by atoms with E-state index < -0.39 is 0 Å². The van der Waals surface area contributed by atoms with Crippen LogP contribution in [-0.4, -0.2) is 54.0 Å². The van der Waals surface area contributed by atoms with Gasteiger partial charge < -0.3 is 20.7 Å².